The molecule has 0 aliphatic heterocycles. The van der Waals surface area contributed by atoms with Crippen molar-refractivity contribution in [3.63, 3.8) is 0 Å². The number of anilines is 1. The van der Waals surface area contributed by atoms with Gasteiger partial charge in [0.1, 0.15) is 0 Å². The fraction of sp³-hybridized carbons (Fsp3) is 0.0714. The molecule has 1 amide bonds. The summed E-state index contributed by atoms with van der Waals surface area (Å²) in [5, 5.41) is 3.22. The average molecular weight is 274 g/mol. The zero-order chi connectivity index (χ0) is 13.7. The predicted octanol–water partition coefficient (Wildman–Crippen LogP) is 3.09. The molecule has 0 bridgehead atoms. The Kier molecular flexibility index (Phi) is 4.26. The first kappa shape index (κ1) is 13.2. The van der Waals surface area contributed by atoms with Gasteiger partial charge in [0.2, 0.25) is 5.91 Å². The minimum atomic E-state index is -0.267. The lowest BCUT2D eigenvalue weighted by Gasteiger charge is -2.05. The molecule has 4 nitrogen and oxygen atoms in total. The van der Waals surface area contributed by atoms with E-state index in [1.807, 2.05) is 13.0 Å². The number of amides is 1. The van der Waals surface area contributed by atoms with Crippen molar-refractivity contribution < 1.29 is 4.79 Å². The quantitative estimate of drug-likeness (QED) is 0.875. The molecule has 96 valence electrons. The molecular formula is C14H12ClN3O. The molecule has 1 aromatic heterocycles. The Morgan fingerprint density at radius 1 is 1.37 bits per heavy atom. The molecule has 19 heavy (non-hydrogen) atoms. The molecule has 0 radical (unpaired) electrons. The summed E-state index contributed by atoms with van der Waals surface area (Å²) in [4.78, 5) is 19.7. The smallest absolute Gasteiger partial charge is 0.248 e. The van der Waals surface area contributed by atoms with Gasteiger partial charge < -0.3 is 5.32 Å². The minimum absolute atomic E-state index is 0.267. The van der Waals surface area contributed by atoms with Crippen LogP contribution in [0, 0.1) is 6.92 Å². The highest BCUT2D eigenvalue weighted by atomic mass is 35.5. The molecule has 1 heterocycles. The summed E-state index contributed by atoms with van der Waals surface area (Å²) in [7, 11) is 0. The molecule has 5 heteroatoms. The number of hydrogen-bond acceptors (Lipinski definition) is 3. The minimum Gasteiger partial charge on any atom is -0.321 e. The molecule has 2 rings (SSSR count). The van der Waals surface area contributed by atoms with Crippen molar-refractivity contribution in [1.82, 2.24) is 9.97 Å². The standard InChI is InChI=1S/C14H12ClN3O/c1-10-2-4-13(12(15)8-10)18-14(19)5-3-11-9-16-6-7-17-11/h2-9H,1H3,(H,18,19)/b5-3+. The molecule has 0 saturated carbocycles. The number of benzene rings is 1. The highest BCUT2D eigenvalue weighted by Gasteiger charge is 2.03. The number of nitrogens with zero attached hydrogens (tertiary/aromatic N) is 2. The van der Waals surface area contributed by atoms with Crippen LogP contribution in [-0.4, -0.2) is 15.9 Å². The topological polar surface area (TPSA) is 54.9 Å². The molecule has 2 aromatic rings. The van der Waals surface area contributed by atoms with Gasteiger partial charge in [-0.1, -0.05) is 17.7 Å². The molecule has 0 saturated heterocycles. The summed E-state index contributed by atoms with van der Waals surface area (Å²) in [6.07, 6.45) is 7.69. The van der Waals surface area contributed by atoms with Crippen molar-refractivity contribution in [3.8, 4) is 0 Å². The van der Waals surface area contributed by atoms with E-state index >= 15 is 0 Å². The zero-order valence-corrected chi connectivity index (χ0v) is 11.1. The number of rotatable bonds is 3. The van der Waals surface area contributed by atoms with Gasteiger partial charge in [-0.2, -0.15) is 0 Å². The van der Waals surface area contributed by atoms with Gasteiger partial charge in [-0.15, -0.1) is 0 Å². The highest BCUT2D eigenvalue weighted by Crippen LogP contribution is 2.22. The molecule has 0 aliphatic carbocycles. The molecular weight excluding hydrogens is 262 g/mol. The Morgan fingerprint density at radius 2 is 2.21 bits per heavy atom. The second-order valence-electron chi connectivity index (χ2n) is 3.94. The van der Waals surface area contributed by atoms with Crippen LogP contribution in [-0.2, 0) is 4.79 Å². The van der Waals surface area contributed by atoms with Crippen LogP contribution in [0.2, 0.25) is 5.02 Å². The van der Waals surface area contributed by atoms with Crippen LogP contribution in [0.25, 0.3) is 6.08 Å². The van der Waals surface area contributed by atoms with Crippen molar-refractivity contribution in [3.05, 3.63) is 59.1 Å². The Balaban J connectivity index is 2.04. The number of aryl methyl sites for hydroxylation is 1. The maximum atomic E-state index is 11.7. The first-order chi connectivity index (χ1) is 9.15. The third kappa shape index (κ3) is 3.89. The summed E-state index contributed by atoms with van der Waals surface area (Å²) >= 11 is 6.03. The molecule has 1 aromatic carbocycles. The first-order valence-corrected chi connectivity index (χ1v) is 6.04. The van der Waals surface area contributed by atoms with Crippen LogP contribution >= 0.6 is 11.6 Å². The fourth-order valence-electron chi connectivity index (χ4n) is 1.45. The van der Waals surface area contributed by atoms with Gasteiger partial charge in [0.25, 0.3) is 0 Å². The van der Waals surface area contributed by atoms with E-state index in [4.69, 9.17) is 11.6 Å². The number of halogens is 1. The van der Waals surface area contributed by atoms with Gasteiger partial charge in [0, 0.05) is 18.5 Å². The average Bonchev–Trinajstić information content (AvgIpc) is 2.41. The second-order valence-corrected chi connectivity index (χ2v) is 4.34. The van der Waals surface area contributed by atoms with Gasteiger partial charge in [-0.25, -0.2) is 0 Å². The molecule has 0 unspecified atom stereocenters. The lowest BCUT2D eigenvalue weighted by molar-refractivity contribution is -0.111. The lowest BCUT2D eigenvalue weighted by atomic mass is 10.2. The van der Waals surface area contributed by atoms with Crippen LogP contribution in [0.5, 0.6) is 0 Å². The lowest BCUT2D eigenvalue weighted by Crippen LogP contribution is -2.08. The van der Waals surface area contributed by atoms with Crippen LogP contribution in [0.3, 0.4) is 0 Å². The molecule has 0 atom stereocenters. The van der Waals surface area contributed by atoms with Gasteiger partial charge in [0.15, 0.2) is 0 Å². The van der Waals surface area contributed by atoms with Crippen molar-refractivity contribution in [1.29, 1.82) is 0 Å². The van der Waals surface area contributed by atoms with Crippen LogP contribution in [0.4, 0.5) is 5.69 Å². The monoisotopic (exact) mass is 273 g/mol. The Bertz CT molecular complexity index is 611. The number of carbonyl (C=O) groups is 1. The van der Waals surface area contributed by atoms with Gasteiger partial charge in [-0.05, 0) is 30.7 Å². The third-order valence-corrected chi connectivity index (χ3v) is 2.68. The van der Waals surface area contributed by atoms with E-state index in [0.29, 0.717) is 16.4 Å². The fourth-order valence-corrected chi connectivity index (χ4v) is 1.74. The Hall–Kier alpha value is -2.20. The Labute approximate surface area is 116 Å². The summed E-state index contributed by atoms with van der Waals surface area (Å²) in [6, 6.07) is 5.45. The van der Waals surface area contributed by atoms with Crippen molar-refractivity contribution in [2.75, 3.05) is 5.32 Å². The molecule has 0 spiro atoms. The van der Waals surface area contributed by atoms with Gasteiger partial charge in [-0.3, -0.25) is 14.8 Å². The second kappa shape index (κ2) is 6.11. The zero-order valence-electron chi connectivity index (χ0n) is 10.3. The van der Waals surface area contributed by atoms with E-state index < -0.39 is 0 Å². The van der Waals surface area contributed by atoms with E-state index in [1.54, 1.807) is 36.8 Å². The predicted molar refractivity (Wildman–Crippen MR) is 75.9 cm³/mol. The van der Waals surface area contributed by atoms with E-state index in [1.165, 1.54) is 6.08 Å². The normalized spacial score (nSPS) is 10.6. The molecule has 0 fully saturated rings. The Morgan fingerprint density at radius 3 is 2.89 bits per heavy atom. The highest BCUT2D eigenvalue weighted by molar-refractivity contribution is 6.33. The number of carbonyl (C=O) groups excluding carboxylic acids is 1. The van der Waals surface area contributed by atoms with E-state index in [9.17, 15) is 4.79 Å². The third-order valence-electron chi connectivity index (χ3n) is 2.37. The van der Waals surface area contributed by atoms with Crippen molar-refractivity contribution >= 4 is 29.3 Å². The van der Waals surface area contributed by atoms with Crippen LogP contribution in [0.15, 0.2) is 42.9 Å². The first-order valence-electron chi connectivity index (χ1n) is 5.66. The van der Waals surface area contributed by atoms with Crippen LogP contribution < -0.4 is 5.32 Å². The molecule has 0 aliphatic rings. The summed E-state index contributed by atoms with van der Waals surface area (Å²) in [5.74, 6) is -0.267. The van der Waals surface area contributed by atoms with E-state index in [2.05, 4.69) is 15.3 Å². The van der Waals surface area contributed by atoms with Crippen LogP contribution in [0.1, 0.15) is 11.3 Å². The van der Waals surface area contributed by atoms with Gasteiger partial charge in [0.05, 0.1) is 22.6 Å². The SMILES string of the molecule is Cc1ccc(NC(=O)/C=C/c2cnccn2)c(Cl)c1. The number of nitrogens with one attached hydrogen (secondary N) is 1. The maximum Gasteiger partial charge on any atom is 0.248 e. The summed E-state index contributed by atoms with van der Waals surface area (Å²) < 4.78 is 0. The van der Waals surface area contributed by atoms with Crippen molar-refractivity contribution in [2.45, 2.75) is 6.92 Å². The van der Waals surface area contributed by atoms with Crippen molar-refractivity contribution in [2.24, 2.45) is 0 Å². The molecule has 1 N–H and O–H groups in total. The van der Waals surface area contributed by atoms with E-state index in [-0.39, 0.29) is 5.91 Å². The number of hydrogen-bond donors (Lipinski definition) is 1. The maximum absolute atomic E-state index is 11.7. The largest absolute Gasteiger partial charge is 0.321 e. The summed E-state index contributed by atoms with van der Waals surface area (Å²) in [6.45, 7) is 1.94. The number of aromatic nitrogens is 2. The summed E-state index contributed by atoms with van der Waals surface area (Å²) in [5.41, 5.74) is 2.24. The van der Waals surface area contributed by atoms with Gasteiger partial charge >= 0.3 is 0 Å². The van der Waals surface area contributed by atoms with E-state index in [0.717, 1.165) is 5.56 Å².